The Morgan fingerprint density at radius 3 is 1.71 bits per heavy atom. The molecule has 2 aliphatic heterocycles. The van der Waals surface area contributed by atoms with Crippen LogP contribution in [0.1, 0.15) is 77.9 Å². The van der Waals surface area contributed by atoms with Gasteiger partial charge in [-0.15, -0.1) is 0 Å². The number of carbonyl (C=O) groups is 5. The van der Waals surface area contributed by atoms with Crippen molar-refractivity contribution >= 4 is 58.5 Å². The maximum Gasteiger partial charge on any atom is 0.319 e. The number of nitriles is 1. The smallest absolute Gasteiger partial charge is 0.319 e. The second kappa shape index (κ2) is 33.3. The van der Waals surface area contributed by atoms with Gasteiger partial charge in [-0.25, -0.2) is 4.79 Å². The molecular weight excluding hydrogens is 1140 g/mol. The average molecular weight is 1220 g/mol. The number of imide groups is 1. The van der Waals surface area contributed by atoms with Crippen molar-refractivity contribution in [2.75, 3.05) is 124 Å². The predicted molar refractivity (Wildman–Crippen MR) is 313 cm³/mol. The Bertz CT molecular complexity index is 2890. The summed E-state index contributed by atoms with van der Waals surface area (Å²) in [6, 6.07) is 22.9. The van der Waals surface area contributed by atoms with E-state index in [0.717, 1.165) is 11.1 Å². The minimum absolute atomic E-state index is 0.157. The number of piperidine rings is 1. The number of urea groups is 1. The lowest BCUT2D eigenvalue weighted by Gasteiger charge is -2.63. The first-order chi connectivity index (χ1) is 41.0. The molecule has 2 fully saturated rings. The number of nitrogens with one attached hydrogen (secondary N) is 4. The summed E-state index contributed by atoms with van der Waals surface area (Å²) in [6.45, 7) is 15.8. The van der Waals surface area contributed by atoms with Crippen molar-refractivity contribution in [1.82, 2.24) is 20.9 Å². The fourth-order valence-corrected chi connectivity index (χ4v) is 10.8. The van der Waals surface area contributed by atoms with Gasteiger partial charge in [0, 0.05) is 70.4 Å². The van der Waals surface area contributed by atoms with Gasteiger partial charge in [-0.05, 0) is 72.1 Å². The van der Waals surface area contributed by atoms with Crippen LogP contribution in [0.3, 0.4) is 0 Å². The third-order valence-corrected chi connectivity index (χ3v) is 14.8. The van der Waals surface area contributed by atoms with E-state index in [1.54, 1.807) is 72.8 Å². The molecule has 22 nitrogen and oxygen atoms in total. The fraction of sp³-hybridized carbons (Fsp3) is 0.508. The van der Waals surface area contributed by atoms with Gasteiger partial charge in [0.1, 0.15) is 48.7 Å². The zero-order chi connectivity index (χ0) is 60.6. The number of halogens is 2. The van der Waals surface area contributed by atoms with Crippen molar-refractivity contribution in [2.45, 2.75) is 71.8 Å². The Balaban J connectivity index is 0.594. The highest BCUT2D eigenvalue weighted by Gasteiger charge is 2.64. The lowest BCUT2D eigenvalue weighted by molar-refractivity contribution is -0.164. The van der Waals surface area contributed by atoms with E-state index in [1.165, 1.54) is 4.90 Å². The number of amides is 6. The number of ether oxygens (including phenoxy) is 11. The number of benzene rings is 4. The van der Waals surface area contributed by atoms with Crippen LogP contribution in [0.25, 0.3) is 0 Å². The van der Waals surface area contributed by atoms with Crippen LogP contribution in [0.4, 0.5) is 10.5 Å². The maximum absolute atomic E-state index is 13.3. The fourth-order valence-electron chi connectivity index (χ4n) is 10.4. The van der Waals surface area contributed by atoms with E-state index >= 15 is 0 Å². The van der Waals surface area contributed by atoms with Crippen LogP contribution in [0, 0.1) is 22.2 Å². The lowest BCUT2D eigenvalue weighted by atomic mass is 9.49. The summed E-state index contributed by atoms with van der Waals surface area (Å²) in [5.74, 6) is 0.404. The second-order valence-corrected chi connectivity index (χ2v) is 22.1. The number of rotatable bonds is 37. The molecule has 1 saturated heterocycles. The molecule has 2 heterocycles. The molecule has 1 saturated carbocycles. The molecule has 0 aromatic heterocycles. The third kappa shape index (κ3) is 20.0. The summed E-state index contributed by atoms with van der Waals surface area (Å²) in [7, 11) is 0. The maximum atomic E-state index is 13.3. The van der Waals surface area contributed by atoms with Crippen molar-refractivity contribution in [3.8, 4) is 23.3 Å². The molecule has 460 valence electrons. The molecule has 0 bridgehead atoms. The summed E-state index contributed by atoms with van der Waals surface area (Å²) >= 11 is 12.5. The van der Waals surface area contributed by atoms with E-state index in [-0.39, 0.29) is 73.2 Å². The van der Waals surface area contributed by atoms with Gasteiger partial charge in [-0.3, -0.25) is 24.5 Å². The van der Waals surface area contributed by atoms with Crippen LogP contribution < -0.4 is 35.5 Å². The Morgan fingerprint density at radius 2 is 1.18 bits per heavy atom. The van der Waals surface area contributed by atoms with Gasteiger partial charge >= 0.3 is 6.03 Å². The molecule has 1 unspecified atom stereocenters. The quantitative estimate of drug-likeness (QED) is 0.0258. The molecule has 4 N–H and O–H groups in total. The molecule has 6 amide bonds. The number of carbonyl (C=O) groups excluding carboxylic acids is 5. The highest BCUT2D eigenvalue weighted by atomic mass is 35.5. The van der Waals surface area contributed by atoms with Gasteiger partial charge in [0.15, 0.2) is 0 Å². The Morgan fingerprint density at radius 1 is 0.647 bits per heavy atom. The van der Waals surface area contributed by atoms with Crippen molar-refractivity contribution < 1.29 is 76.1 Å². The van der Waals surface area contributed by atoms with Crippen LogP contribution >= 0.6 is 23.2 Å². The largest absolute Gasteiger partial charge is 0.491 e. The van der Waals surface area contributed by atoms with Crippen molar-refractivity contribution in [2.24, 2.45) is 10.8 Å². The minimum atomic E-state index is -0.700. The number of hydrogen-bond acceptors (Lipinski definition) is 17. The standard InChI is InChI=1S/C61H76Cl2N6O16/c1-60(2)57(61(3,4)58(60)85-48-11-8-43(38-64)51(63)37-48)68-54(71)42-6-9-47(10-7-42)83-31-29-81-27-25-79-23-21-77-19-17-75-15-16-76-18-20-78-22-24-80-26-28-82-30-32-84-49-35-45(62)34-46(36-49)66-59(74)65-39-41-5-12-50-44(33-41)40-69(56(50)73)52-13-14-53(70)67-55(52)72/h5-12,33-37,52,57-58H,13-32,39-40H2,1-4H3,(H,68,71)(H2,65,66,74)(H,67,70,72). The molecule has 3 aliphatic rings. The van der Waals surface area contributed by atoms with Gasteiger partial charge < -0.3 is 73.0 Å². The zero-order valence-corrected chi connectivity index (χ0v) is 50.0. The molecular formula is C61H76Cl2N6O16. The van der Waals surface area contributed by atoms with Gasteiger partial charge in [-0.2, -0.15) is 5.26 Å². The first-order valence-electron chi connectivity index (χ1n) is 28.3. The van der Waals surface area contributed by atoms with Gasteiger partial charge in [0.25, 0.3) is 11.8 Å². The normalized spacial score (nSPS) is 17.5. The Hall–Kier alpha value is -6.62. The van der Waals surface area contributed by atoms with Crippen molar-refractivity contribution in [1.29, 1.82) is 5.26 Å². The molecule has 0 radical (unpaired) electrons. The average Bonchev–Trinajstić information content (AvgIpc) is 1.50. The molecule has 7 rings (SSSR count). The summed E-state index contributed by atoms with van der Waals surface area (Å²) in [5, 5.41) is 21.0. The summed E-state index contributed by atoms with van der Waals surface area (Å²) in [5.41, 5.74) is 2.59. The summed E-state index contributed by atoms with van der Waals surface area (Å²) < 4.78 is 62.5. The van der Waals surface area contributed by atoms with Crippen LogP contribution in [-0.2, 0) is 60.6 Å². The SMILES string of the molecule is CC1(C)C(NC(=O)c2ccc(OCCOCCOCCOCCOCCOCCOCCOCCOCCOc3cc(Cl)cc(NC(=O)NCc4ccc5c(c4)CN(C4CCC(=O)NC4=O)C5=O)c3)cc2)C(C)(C)C1Oc1ccc(C#N)c(Cl)c1. The van der Waals surface area contributed by atoms with Crippen LogP contribution in [-0.4, -0.2) is 172 Å². The molecule has 1 aliphatic carbocycles. The second-order valence-electron chi connectivity index (χ2n) is 21.3. The van der Waals surface area contributed by atoms with Crippen molar-refractivity contribution in [3.63, 3.8) is 0 Å². The van der Waals surface area contributed by atoms with Crippen LogP contribution in [0.5, 0.6) is 17.2 Å². The lowest BCUT2D eigenvalue weighted by Crippen LogP contribution is -2.74. The summed E-state index contributed by atoms with van der Waals surface area (Å²) in [4.78, 5) is 64.5. The molecule has 85 heavy (non-hydrogen) atoms. The van der Waals surface area contributed by atoms with Gasteiger partial charge in [0.05, 0.1) is 116 Å². The minimum Gasteiger partial charge on any atom is -0.491 e. The van der Waals surface area contributed by atoms with E-state index in [4.69, 9.17) is 75.3 Å². The highest BCUT2D eigenvalue weighted by Crippen LogP contribution is 2.55. The number of hydrogen-bond donors (Lipinski definition) is 4. The topological polar surface area (TPSA) is 262 Å². The van der Waals surface area contributed by atoms with Crippen LogP contribution in [0.2, 0.25) is 10.0 Å². The molecule has 0 spiro atoms. The van der Waals surface area contributed by atoms with E-state index in [9.17, 15) is 29.2 Å². The Labute approximate surface area is 505 Å². The van der Waals surface area contributed by atoms with E-state index in [0.29, 0.717) is 162 Å². The van der Waals surface area contributed by atoms with Gasteiger partial charge in [-0.1, -0.05) is 63.0 Å². The highest BCUT2D eigenvalue weighted by molar-refractivity contribution is 6.32. The van der Waals surface area contributed by atoms with E-state index in [2.05, 4.69) is 55.0 Å². The summed E-state index contributed by atoms with van der Waals surface area (Å²) in [6.07, 6.45) is 0.257. The first-order valence-corrected chi connectivity index (χ1v) is 29.1. The molecule has 4 aromatic rings. The van der Waals surface area contributed by atoms with Crippen molar-refractivity contribution in [3.05, 3.63) is 117 Å². The molecule has 24 heteroatoms. The van der Waals surface area contributed by atoms with E-state index in [1.807, 2.05) is 6.07 Å². The molecule has 1 atom stereocenters. The van der Waals surface area contributed by atoms with E-state index < -0.39 is 18.0 Å². The van der Waals surface area contributed by atoms with Gasteiger partial charge in [0.2, 0.25) is 11.8 Å². The number of nitrogens with zero attached hydrogens (tertiary/aromatic N) is 2. The first kappa shape index (κ1) is 65.9. The monoisotopic (exact) mass is 1220 g/mol. The zero-order valence-electron chi connectivity index (χ0n) is 48.5. The number of anilines is 1. The van der Waals surface area contributed by atoms with Crippen LogP contribution in [0.15, 0.2) is 78.9 Å². The third-order valence-electron chi connectivity index (χ3n) is 14.3. The Kier molecular flexibility index (Phi) is 25.8. The molecule has 4 aromatic carbocycles. The predicted octanol–water partition coefficient (Wildman–Crippen LogP) is 7.15. The number of fused-ring (bicyclic) bond motifs is 1.